The molecule has 164 valence electrons. The summed E-state index contributed by atoms with van der Waals surface area (Å²) in [4.78, 5) is 22.5. The number of fused-ring (bicyclic) bond motifs is 1. The molecule has 1 aliphatic rings. The first-order valence-corrected chi connectivity index (χ1v) is 10.8. The summed E-state index contributed by atoms with van der Waals surface area (Å²) in [5.74, 6) is 0.140. The number of hydrogen-bond donors (Lipinski definition) is 3. The molecule has 0 bridgehead atoms. The summed E-state index contributed by atoms with van der Waals surface area (Å²) < 4.78 is 5.76. The van der Waals surface area contributed by atoms with Crippen LogP contribution in [0.15, 0.2) is 99.5 Å². The van der Waals surface area contributed by atoms with Crippen molar-refractivity contribution in [1.82, 2.24) is 10.3 Å². The number of aromatic nitrogens is 1. The molecule has 0 saturated carbocycles. The molecular formula is C25H20ClN5O2. The van der Waals surface area contributed by atoms with Crippen LogP contribution in [0.4, 0.5) is 11.7 Å². The quantitative estimate of drug-likeness (QED) is 0.376. The zero-order chi connectivity index (χ0) is 22.8. The number of carbonyl (C=O) groups is 1. The number of aliphatic imine (C=N–C) groups is 1. The lowest BCUT2D eigenvalue weighted by Gasteiger charge is -2.27. The third-order valence-electron chi connectivity index (χ3n) is 5.24. The van der Waals surface area contributed by atoms with Crippen molar-refractivity contribution in [3.8, 4) is 0 Å². The summed E-state index contributed by atoms with van der Waals surface area (Å²) in [5, 5.41) is 9.70. The van der Waals surface area contributed by atoms with E-state index in [9.17, 15) is 4.79 Å². The van der Waals surface area contributed by atoms with Crippen molar-refractivity contribution < 1.29 is 9.21 Å². The predicted molar refractivity (Wildman–Crippen MR) is 130 cm³/mol. The monoisotopic (exact) mass is 457 g/mol. The Bertz CT molecular complexity index is 1360. The number of hydrogen-bond acceptors (Lipinski definition) is 6. The highest BCUT2D eigenvalue weighted by atomic mass is 35.5. The van der Waals surface area contributed by atoms with Gasteiger partial charge in [0.05, 0.1) is 5.57 Å². The molecule has 0 fully saturated rings. The number of nitrogens with zero attached hydrogens (tertiary/aromatic N) is 2. The normalized spacial score (nSPS) is 15.7. The van der Waals surface area contributed by atoms with Crippen molar-refractivity contribution in [1.29, 1.82) is 0 Å². The molecule has 7 nitrogen and oxygen atoms in total. The molecule has 33 heavy (non-hydrogen) atoms. The molecule has 1 atom stereocenters. The van der Waals surface area contributed by atoms with Gasteiger partial charge in [-0.3, -0.25) is 10.1 Å². The van der Waals surface area contributed by atoms with Crippen molar-refractivity contribution in [2.45, 2.75) is 13.0 Å². The third-order valence-corrected chi connectivity index (χ3v) is 5.58. The molecule has 0 aliphatic carbocycles. The first kappa shape index (κ1) is 20.8. The minimum absolute atomic E-state index is 0.263. The van der Waals surface area contributed by atoms with Gasteiger partial charge in [-0.05, 0) is 37.3 Å². The maximum Gasteiger partial charge on any atom is 0.302 e. The van der Waals surface area contributed by atoms with Crippen LogP contribution in [0.5, 0.6) is 0 Å². The summed E-state index contributed by atoms with van der Waals surface area (Å²) in [6.45, 7) is 1.83. The molecule has 1 amide bonds. The molecule has 1 unspecified atom stereocenters. The Morgan fingerprint density at radius 1 is 1.00 bits per heavy atom. The van der Waals surface area contributed by atoms with Crippen LogP contribution >= 0.6 is 11.6 Å². The second-order valence-electron chi connectivity index (χ2n) is 7.50. The standard InChI is InChI=1S/C25H20ClN5O2/c1-15-21(23(32)28-16-9-3-2-4-10-16)22(17-11-5-6-12-18(17)26)30-24(27-15)31-25-29-19-13-7-8-14-20(19)33-25/h2-14,22H,1H3,(H,28,32)(H2,27,29,30,31). The molecule has 5 rings (SSSR count). The molecule has 2 heterocycles. The topological polar surface area (TPSA) is 91.5 Å². The lowest BCUT2D eigenvalue weighted by molar-refractivity contribution is -0.113. The number of nitrogens with one attached hydrogen (secondary N) is 3. The van der Waals surface area contributed by atoms with E-state index in [1.54, 1.807) is 6.07 Å². The van der Waals surface area contributed by atoms with Gasteiger partial charge in [-0.1, -0.05) is 60.1 Å². The van der Waals surface area contributed by atoms with E-state index in [4.69, 9.17) is 21.0 Å². The molecule has 0 saturated heterocycles. The average Bonchev–Trinajstić information content (AvgIpc) is 3.22. The van der Waals surface area contributed by atoms with Crippen LogP contribution in [0, 0.1) is 0 Å². The number of allylic oxidation sites excluding steroid dienone is 1. The number of amides is 1. The zero-order valence-corrected chi connectivity index (χ0v) is 18.4. The highest BCUT2D eigenvalue weighted by Crippen LogP contribution is 2.35. The minimum Gasteiger partial charge on any atom is -0.423 e. The van der Waals surface area contributed by atoms with Crippen LogP contribution in [0.25, 0.3) is 11.1 Å². The van der Waals surface area contributed by atoms with Crippen molar-refractivity contribution in [2.75, 3.05) is 10.6 Å². The Hall–Kier alpha value is -4.10. The van der Waals surface area contributed by atoms with Crippen LogP contribution in [0.2, 0.25) is 5.02 Å². The number of carbonyl (C=O) groups excluding carboxylic acids is 1. The van der Waals surface area contributed by atoms with Crippen molar-refractivity contribution in [3.63, 3.8) is 0 Å². The number of halogens is 1. The summed E-state index contributed by atoms with van der Waals surface area (Å²) in [6.07, 6.45) is 0. The molecule has 8 heteroatoms. The summed E-state index contributed by atoms with van der Waals surface area (Å²) in [6, 6.07) is 23.8. The Morgan fingerprint density at radius 2 is 1.73 bits per heavy atom. The SMILES string of the molecule is CC1=C(C(=O)Nc2ccccc2)C(c2ccccc2Cl)N=C(Nc2nc3ccccc3o2)N1. The first-order chi connectivity index (χ1) is 16.1. The number of rotatable bonds is 4. The fraction of sp³-hybridized carbons (Fsp3) is 0.0800. The van der Waals surface area contributed by atoms with Gasteiger partial charge in [0.25, 0.3) is 5.91 Å². The van der Waals surface area contributed by atoms with Crippen molar-refractivity contribution in [2.24, 2.45) is 4.99 Å². The fourth-order valence-corrected chi connectivity index (χ4v) is 3.94. The third kappa shape index (κ3) is 4.31. The van der Waals surface area contributed by atoms with Gasteiger partial charge < -0.3 is 15.1 Å². The second kappa shape index (κ2) is 8.80. The zero-order valence-electron chi connectivity index (χ0n) is 17.7. The number of para-hydroxylation sites is 3. The Labute approximate surface area is 195 Å². The average molecular weight is 458 g/mol. The van der Waals surface area contributed by atoms with Crippen LogP contribution in [-0.2, 0) is 4.79 Å². The number of oxazole rings is 1. The van der Waals surface area contributed by atoms with Gasteiger partial charge in [-0.2, -0.15) is 4.98 Å². The molecule has 3 N–H and O–H groups in total. The van der Waals surface area contributed by atoms with Crippen LogP contribution in [0.1, 0.15) is 18.5 Å². The smallest absolute Gasteiger partial charge is 0.302 e. The highest BCUT2D eigenvalue weighted by molar-refractivity contribution is 6.31. The van der Waals surface area contributed by atoms with E-state index in [-0.39, 0.29) is 5.91 Å². The van der Waals surface area contributed by atoms with Gasteiger partial charge >= 0.3 is 6.01 Å². The Balaban J connectivity index is 1.50. The van der Waals surface area contributed by atoms with Crippen LogP contribution in [-0.4, -0.2) is 16.9 Å². The van der Waals surface area contributed by atoms with Crippen LogP contribution < -0.4 is 16.0 Å². The summed E-state index contributed by atoms with van der Waals surface area (Å²) in [5.41, 5.74) is 3.91. The number of benzene rings is 3. The Morgan fingerprint density at radius 3 is 2.52 bits per heavy atom. The van der Waals surface area contributed by atoms with E-state index >= 15 is 0 Å². The van der Waals surface area contributed by atoms with Gasteiger partial charge in [0.1, 0.15) is 11.6 Å². The molecule has 4 aromatic rings. The Kier molecular flexibility index (Phi) is 5.54. The van der Waals surface area contributed by atoms with Crippen molar-refractivity contribution in [3.05, 3.63) is 101 Å². The molecule has 3 aromatic carbocycles. The van der Waals surface area contributed by atoms with Crippen molar-refractivity contribution >= 4 is 46.3 Å². The lowest BCUT2D eigenvalue weighted by Crippen LogP contribution is -2.37. The van der Waals surface area contributed by atoms with E-state index < -0.39 is 6.04 Å². The molecule has 1 aliphatic heterocycles. The lowest BCUT2D eigenvalue weighted by atomic mass is 9.95. The molecule has 1 aromatic heterocycles. The second-order valence-corrected chi connectivity index (χ2v) is 7.90. The number of anilines is 2. The molecule has 0 radical (unpaired) electrons. The molecular weight excluding hydrogens is 438 g/mol. The van der Waals surface area contributed by atoms with E-state index in [0.717, 1.165) is 11.1 Å². The van der Waals surface area contributed by atoms with E-state index in [1.165, 1.54) is 0 Å². The van der Waals surface area contributed by atoms with Gasteiger partial charge in [0, 0.05) is 22.0 Å². The number of guanidine groups is 1. The maximum absolute atomic E-state index is 13.3. The predicted octanol–water partition coefficient (Wildman–Crippen LogP) is 5.51. The van der Waals surface area contributed by atoms with E-state index in [1.807, 2.05) is 79.7 Å². The minimum atomic E-state index is -0.629. The van der Waals surface area contributed by atoms with Gasteiger partial charge in [0.15, 0.2) is 5.58 Å². The van der Waals surface area contributed by atoms with Crippen LogP contribution in [0.3, 0.4) is 0 Å². The highest BCUT2D eigenvalue weighted by Gasteiger charge is 2.31. The maximum atomic E-state index is 13.3. The van der Waals surface area contributed by atoms with Gasteiger partial charge in [-0.15, -0.1) is 0 Å². The van der Waals surface area contributed by atoms with E-state index in [2.05, 4.69) is 20.9 Å². The largest absolute Gasteiger partial charge is 0.423 e. The fourth-order valence-electron chi connectivity index (χ4n) is 3.70. The summed E-state index contributed by atoms with van der Waals surface area (Å²) >= 11 is 6.50. The molecule has 0 spiro atoms. The van der Waals surface area contributed by atoms with E-state index in [0.29, 0.717) is 39.5 Å². The van der Waals surface area contributed by atoms with Gasteiger partial charge in [-0.25, -0.2) is 4.99 Å². The van der Waals surface area contributed by atoms with Gasteiger partial charge in [0.2, 0.25) is 5.96 Å². The first-order valence-electron chi connectivity index (χ1n) is 10.4. The summed E-state index contributed by atoms with van der Waals surface area (Å²) in [7, 11) is 0.